The van der Waals surface area contributed by atoms with Gasteiger partial charge in [-0.1, -0.05) is 33.6 Å². The second-order valence-corrected chi connectivity index (χ2v) is 22.5. The van der Waals surface area contributed by atoms with Crippen LogP contribution >= 0.6 is 81.0 Å². The highest BCUT2D eigenvalue weighted by Gasteiger charge is 2.54. The van der Waals surface area contributed by atoms with Crippen LogP contribution in [0.3, 0.4) is 0 Å². The number of likely N-dealkylation sites (tertiary alicyclic amines) is 2. The number of methoxy groups -OCH3 is 1. The Hall–Kier alpha value is -3.44. The summed E-state index contributed by atoms with van der Waals surface area (Å²) >= 11 is 0. The van der Waals surface area contributed by atoms with Crippen molar-refractivity contribution in [3.8, 4) is 23.1 Å². The number of morpholine rings is 1. The first-order valence-electron chi connectivity index (χ1n) is 26.0. The number of pyridine rings is 1. The van der Waals surface area contributed by atoms with Gasteiger partial charge in [0.25, 0.3) is 11.8 Å². The number of rotatable bonds is 9. The summed E-state index contributed by atoms with van der Waals surface area (Å²) in [6.45, 7) is 19.7. The van der Waals surface area contributed by atoms with Crippen molar-refractivity contribution in [3.63, 3.8) is 0 Å². The van der Waals surface area contributed by atoms with Gasteiger partial charge < -0.3 is 38.8 Å². The summed E-state index contributed by atoms with van der Waals surface area (Å²) in [7, 11) is 5.52. The van der Waals surface area contributed by atoms with Crippen LogP contribution in [-0.4, -0.2) is 162 Å². The summed E-state index contributed by atoms with van der Waals surface area (Å²) in [6, 6.07) is 7.92. The molecule has 0 radical (unpaired) electrons. The van der Waals surface area contributed by atoms with Gasteiger partial charge >= 0.3 is 5.97 Å². The minimum atomic E-state index is -1.06. The maximum atomic E-state index is 14.9. The van der Waals surface area contributed by atoms with Gasteiger partial charge in [0.15, 0.2) is 0 Å². The van der Waals surface area contributed by atoms with Crippen LogP contribution < -0.4 is 15.6 Å². The standard InChI is InChI=1S/C55H77N9O8.6H2S/c1-12-62-44-18-17-37-29-40(44)41(48(62)39-15-13-23-56-46(39)36(4)70-11)31-53(5,6)34-72-51(68)42-16-14-24-64(58-42)50(67)43(30-38-32-60(37)27-28-71-38)57-49(66)47(35(2)3)63-26-22-55(52(63)69)21-25-61(33-55)45(65)19-20-54(7,8)59(9)10;;;;;;/h13,15,17-18,23,29,35-36,38,42-43,47,58H,12,14,16,21-22,24-28,30-34H2,1-11H3,(H,57,66);6*1H2/t36-,38-,42-,43-,47-,55+;;;;;;/m0....../s1. The molecular weight excluding hydrogens is 1110 g/mol. The van der Waals surface area contributed by atoms with Crippen LogP contribution in [0.5, 0.6) is 0 Å². The van der Waals surface area contributed by atoms with Gasteiger partial charge in [0.2, 0.25) is 11.8 Å². The number of ether oxygens (including phenoxy) is 3. The fourth-order valence-corrected chi connectivity index (χ4v) is 11.3. The van der Waals surface area contributed by atoms with Crippen molar-refractivity contribution in [2.45, 2.75) is 136 Å². The number of cyclic esters (lactones) is 1. The van der Waals surface area contributed by atoms with Crippen LogP contribution in [0.2, 0.25) is 0 Å². The first-order chi connectivity index (χ1) is 34.2. The lowest BCUT2D eigenvalue weighted by Gasteiger charge is -2.39. The lowest BCUT2D eigenvalue weighted by atomic mass is 9.84. The van der Waals surface area contributed by atoms with Crippen LogP contribution in [0.15, 0.2) is 36.5 Å². The fourth-order valence-electron chi connectivity index (χ4n) is 11.3. The van der Waals surface area contributed by atoms with Gasteiger partial charge in [-0.15, -0.1) is 0 Å². The maximum absolute atomic E-state index is 14.9. The number of nitrogens with zero attached hydrogens (tertiary/aromatic N) is 7. The molecule has 5 aliphatic heterocycles. The molecule has 8 rings (SSSR count). The topological polar surface area (TPSA) is 171 Å². The molecule has 4 saturated heterocycles. The molecular formula is C55H89N9O8S6. The summed E-state index contributed by atoms with van der Waals surface area (Å²) in [5, 5.41) is 5.67. The summed E-state index contributed by atoms with van der Waals surface area (Å²) in [6.07, 6.45) is 3.83. The highest BCUT2D eigenvalue weighted by molar-refractivity contribution is 7.60. The second-order valence-electron chi connectivity index (χ2n) is 22.5. The van der Waals surface area contributed by atoms with Crippen molar-refractivity contribution < 1.29 is 38.2 Å². The van der Waals surface area contributed by atoms with Crippen molar-refractivity contribution in [2.75, 3.05) is 78.6 Å². The number of aryl methyl sites for hydroxylation is 1. The van der Waals surface area contributed by atoms with Gasteiger partial charge in [0.05, 0.1) is 47.8 Å². The third-order valence-corrected chi connectivity index (χ3v) is 15.9. The fraction of sp³-hybridized carbons (Fsp3) is 0.636. The number of nitrogens with one attached hydrogen (secondary N) is 2. The molecule has 0 saturated carbocycles. The first kappa shape index (κ1) is 70.7. The van der Waals surface area contributed by atoms with Crippen LogP contribution in [0, 0.1) is 28.6 Å². The minimum Gasteiger partial charge on any atom is -0.464 e. The van der Waals surface area contributed by atoms with Crippen molar-refractivity contribution in [1.29, 1.82) is 0 Å². The van der Waals surface area contributed by atoms with Gasteiger partial charge in [0, 0.05) is 93.1 Å². The molecule has 2 N–H and O–H groups in total. The number of hydrogen-bond acceptors (Lipinski definition) is 12. The van der Waals surface area contributed by atoms with E-state index in [1.54, 1.807) is 23.1 Å². The Bertz CT molecular complexity index is 2650. The van der Waals surface area contributed by atoms with E-state index >= 15 is 0 Å². The number of anilines is 1. The Kier molecular flexibility index (Phi) is 26.3. The minimum absolute atomic E-state index is 0. The molecule has 78 heavy (non-hydrogen) atoms. The molecule has 4 fully saturated rings. The van der Waals surface area contributed by atoms with Crippen LogP contribution in [0.1, 0.15) is 105 Å². The quantitative estimate of drug-likeness (QED) is 0.201. The number of carbonyl (C=O) groups excluding carboxylic acids is 5. The van der Waals surface area contributed by atoms with Gasteiger partial charge in [-0.05, 0) is 122 Å². The Labute approximate surface area is 504 Å². The molecule has 4 amide bonds. The van der Waals surface area contributed by atoms with Crippen molar-refractivity contribution in [1.82, 2.24) is 40.0 Å². The Morgan fingerprint density at radius 3 is 2.37 bits per heavy atom. The monoisotopic (exact) mass is 1200 g/mol. The molecule has 7 heterocycles. The number of hydrogen-bond donors (Lipinski definition) is 2. The van der Waals surface area contributed by atoms with Crippen LogP contribution in [0.25, 0.3) is 22.2 Å². The van der Waals surface area contributed by atoms with Gasteiger partial charge in [-0.3, -0.25) is 38.9 Å². The Morgan fingerprint density at radius 1 is 1.00 bits per heavy atom. The van der Waals surface area contributed by atoms with Gasteiger partial charge in [-0.25, -0.2) is 5.43 Å². The summed E-state index contributed by atoms with van der Waals surface area (Å²) in [5.74, 6) is 3.83. The molecule has 6 atom stereocenters. The van der Waals surface area contributed by atoms with E-state index in [9.17, 15) is 24.0 Å². The smallest absolute Gasteiger partial charge is 0.324 e. The summed E-state index contributed by atoms with van der Waals surface area (Å²) < 4.78 is 20.8. The summed E-state index contributed by atoms with van der Waals surface area (Å²) in [4.78, 5) is 84.0. The third-order valence-electron chi connectivity index (χ3n) is 15.9. The van der Waals surface area contributed by atoms with E-state index in [1.807, 2.05) is 59.7 Å². The molecule has 0 aliphatic carbocycles. The van der Waals surface area contributed by atoms with E-state index in [1.165, 1.54) is 5.01 Å². The van der Waals surface area contributed by atoms with Crippen molar-refractivity contribution >= 4 is 127 Å². The van der Waals surface area contributed by atoms with Crippen molar-refractivity contribution in [2.24, 2.45) is 16.7 Å². The number of hydrazine groups is 1. The average Bonchev–Trinajstić information content (AvgIpc) is 4.03. The van der Waals surface area contributed by atoms with E-state index < -0.39 is 58.4 Å². The lowest BCUT2D eigenvalue weighted by Crippen LogP contribution is -2.62. The molecule has 2 aromatic heterocycles. The highest BCUT2D eigenvalue weighted by atomic mass is 32.1. The van der Waals surface area contributed by atoms with E-state index in [0.29, 0.717) is 78.0 Å². The molecule has 0 unspecified atom stereocenters. The van der Waals surface area contributed by atoms with E-state index in [0.717, 1.165) is 39.1 Å². The predicted octanol–water partition coefficient (Wildman–Crippen LogP) is 5.63. The molecule has 23 heteroatoms. The van der Waals surface area contributed by atoms with Crippen molar-refractivity contribution in [3.05, 3.63) is 47.8 Å². The van der Waals surface area contributed by atoms with Crippen LogP contribution in [0.4, 0.5) is 5.69 Å². The van der Waals surface area contributed by atoms with Gasteiger partial charge in [0.1, 0.15) is 18.1 Å². The zero-order valence-corrected chi connectivity index (χ0v) is 53.4. The second kappa shape index (κ2) is 29.0. The highest BCUT2D eigenvalue weighted by Crippen LogP contribution is 2.44. The van der Waals surface area contributed by atoms with E-state index in [4.69, 9.17) is 19.2 Å². The zero-order chi connectivity index (χ0) is 51.9. The van der Waals surface area contributed by atoms with E-state index in [-0.39, 0.29) is 124 Å². The first-order valence-corrected chi connectivity index (χ1v) is 26.0. The lowest BCUT2D eigenvalue weighted by molar-refractivity contribution is -0.156. The molecule has 438 valence electrons. The number of amides is 4. The zero-order valence-electron chi connectivity index (χ0n) is 47.4. The third kappa shape index (κ3) is 14.8. The number of carbonyl (C=O) groups is 5. The average molecular weight is 1200 g/mol. The molecule has 6 bridgehead atoms. The number of fused-ring (bicyclic) bond motifs is 6. The van der Waals surface area contributed by atoms with Gasteiger partial charge in [-0.2, -0.15) is 81.0 Å². The number of esters is 1. The molecule has 1 aromatic carbocycles. The number of benzene rings is 1. The maximum Gasteiger partial charge on any atom is 0.324 e. The molecule has 1 spiro atoms. The normalized spacial score (nSPS) is 23.0. The Morgan fingerprint density at radius 2 is 1.71 bits per heavy atom. The largest absolute Gasteiger partial charge is 0.464 e. The molecule has 5 aliphatic rings. The predicted molar refractivity (Wildman–Crippen MR) is 337 cm³/mol. The SMILES string of the molecule is CCn1c(-c2cccnc2[C@H](C)OC)c2c3cc(ccc31)N1CCO[C@@H](C[C@H](NC(=O)[C@H](C(C)C)N3CC[C@@]4(CCN(C(=O)C#CC(C)(C)N(C)C)C4)C3=O)C(=O)N3CCC[C@H](N3)C(=O)OCC(C)(C)C2)C1.S.S.S.S.S.S. The summed E-state index contributed by atoms with van der Waals surface area (Å²) in [5.41, 5.74) is 7.46. The van der Waals surface area contributed by atoms with Crippen LogP contribution in [-0.2, 0) is 51.1 Å². The van der Waals surface area contributed by atoms with E-state index in [2.05, 4.69) is 77.1 Å². The number of aromatic nitrogens is 2. The molecule has 3 aromatic rings. The molecule has 17 nitrogen and oxygen atoms in total. The Balaban J connectivity index is 0.00000347.